The van der Waals surface area contributed by atoms with Crippen LogP contribution in [0.4, 0.5) is 0 Å². The van der Waals surface area contributed by atoms with E-state index in [9.17, 15) is 4.79 Å². The first-order valence-electron chi connectivity index (χ1n) is 7.37. The van der Waals surface area contributed by atoms with E-state index in [1.54, 1.807) is 16.2 Å². The lowest BCUT2D eigenvalue weighted by atomic mass is 10.2. The van der Waals surface area contributed by atoms with E-state index in [-0.39, 0.29) is 5.91 Å². The number of piperazine rings is 1. The van der Waals surface area contributed by atoms with E-state index in [1.807, 2.05) is 24.4 Å². The number of rotatable bonds is 4. The van der Waals surface area contributed by atoms with Crippen molar-refractivity contribution in [2.24, 2.45) is 0 Å². The van der Waals surface area contributed by atoms with Crippen LogP contribution in [0.3, 0.4) is 0 Å². The molecule has 1 N–H and O–H groups in total. The third-order valence-electron chi connectivity index (χ3n) is 3.83. The van der Waals surface area contributed by atoms with E-state index < -0.39 is 6.61 Å². The van der Waals surface area contributed by atoms with Gasteiger partial charge in [-0.25, -0.2) is 4.98 Å². The van der Waals surface area contributed by atoms with Gasteiger partial charge in [0.05, 0.1) is 11.4 Å². The van der Waals surface area contributed by atoms with Gasteiger partial charge in [-0.15, -0.1) is 11.3 Å². The van der Waals surface area contributed by atoms with E-state index in [0.717, 1.165) is 24.6 Å². The van der Waals surface area contributed by atoms with Crippen LogP contribution < -0.4 is 0 Å². The molecule has 0 unspecified atom stereocenters. The number of carbonyl (C=O) groups excluding carboxylic acids is 1. The molecule has 2 heterocycles. The highest BCUT2D eigenvalue weighted by molar-refractivity contribution is 7.15. The van der Waals surface area contributed by atoms with Crippen molar-refractivity contribution in [2.75, 3.05) is 32.8 Å². The molecule has 0 spiro atoms. The van der Waals surface area contributed by atoms with Crippen molar-refractivity contribution in [3.63, 3.8) is 0 Å². The van der Waals surface area contributed by atoms with Crippen molar-refractivity contribution >= 4 is 17.2 Å². The van der Waals surface area contributed by atoms with Crippen molar-refractivity contribution in [3.8, 4) is 10.4 Å². The Morgan fingerprint density at radius 1 is 1.18 bits per heavy atom. The number of aromatic nitrogens is 1. The Balaban J connectivity index is 1.57. The molecule has 1 aromatic heterocycles. The molecule has 22 heavy (non-hydrogen) atoms. The Bertz CT molecular complexity index is 621. The van der Waals surface area contributed by atoms with Gasteiger partial charge in [-0.3, -0.25) is 9.69 Å². The van der Waals surface area contributed by atoms with Gasteiger partial charge in [0.1, 0.15) is 11.6 Å². The van der Waals surface area contributed by atoms with Gasteiger partial charge in [0.15, 0.2) is 0 Å². The maximum Gasteiger partial charge on any atom is 0.248 e. The molecule has 3 rings (SSSR count). The molecule has 2 aromatic rings. The molecule has 116 valence electrons. The van der Waals surface area contributed by atoms with Crippen LogP contribution in [0.15, 0.2) is 36.5 Å². The van der Waals surface area contributed by atoms with Crippen molar-refractivity contribution in [1.29, 1.82) is 0 Å². The molecular weight excluding hydrogens is 298 g/mol. The van der Waals surface area contributed by atoms with Gasteiger partial charge in [-0.05, 0) is 5.56 Å². The average Bonchev–Trinajstić information content (AvgIpc) is 3.04. The van der Waals surface area contributed by atoms with Crippen molar-refractivity contribution in [1.82, 2.24) is 14.8 Å². The standard InChI is InChI=1S/C16H19N3O2S/c20-12-16(21)19-8-6-18(7-9-19)11-15-17-10-14(22-15)13-4-2-1-3-5-13/h1-5,10,20H,6-9,11-12H2. The summed E-state index contributed by atoms with van der Waals surface area (Å²) in [4.78, 5) is 21.2. The Morgan fingerprint density at radius 3 is 2.59 bits per heavy atom. The highest BCUT2D eigenvalue weighted by Gasteiger charge is 2.21. The Hall–Kier alpha value is -1.76. The van der Waals surface area contributed by atoms with Crippen molar-refractivity contribution in [3.05, 3.63) is 41.5 Å². The molecular formula is C16H19N3O2S. The molecule has 0 atom stereocenters. The highest BCUT2D eigenvalue weighted by atomic mass is 32.1. The minimum absolute atomic E-state index is 0.180. The van der Waals surface area contributed by atoms with Crippen LogP contribution >= 0.6 is 11.3 Å². The fourth-order valence-corrected chi connectivity index (χ4v) is 3.53. The molecule has 1 aromatic carbocycles. The second-order valence-corrected chi connectivity index (χ2v) is 6.41. The van der Waals surface area contributed by atoms with E-state index >= 15 is 0 Å². The number of amides is 1. The number of benzene rings is 1. The van der Waals surface area contributed by atoms with E-state index in [4.69, 9.17) is 5.11 Å². The minimum atomic E-state index is -0.396. The summed E-state index contributed by atoms with van der Waals surface area (Å²) in [6.07, 6.45) is 1.93. The molecule has 1 amide bonds. The molecule has 0 saturated carbocycles. The second-order valence-electron chi connectivity index (χ2n) is 5.30. The van der Waals surface area contributed by atoms with Gasteiger partial charge in [-0.1, -0.05) is 30.3 Å². The summed E-state index contributed by atoms with van der Waals surface area (Å²) in [6, 6.07) is 10.3. The number of thiazole rings is 1. The normalized spacial score (nSPS) is 16.0. The first kappa shape index (κ1) is 15.1. The number of hydrogen-bond donors (Lipinski definition) is 1. The summed E-state index contributed by atoms with van der Waals surface area (Å²) in [5.74, 6) is -0.180. The average molecular weight is 317 g/mol. The smallest absolute Gasteiger partial charge is 0.248 e. The number of nitrogens with zero attached hydrogens (tertiary/aromatic N) is 3. The van der Waals surface area contributed by atoms with E-state index in [2.05, 4.69) is 22.0 Å². The predicted octanol–water partition coefficient (Wildman–Crippen LogP) is 1.45. The first-order valence-corrected chi connectivity index (χ1v) is 8.19. The molecule has 6 heteroatoms. The van der Waals surface area contributed by atoms with Crippen LogP contribution in [-0.4, -0.2) is 58.6 Å². The summed E-state index contributed by atoms with van der Waals surface area (Å²) in [7, 11) is 0. The van der Waals surface area contributed by atoms with Gasteiger partial charge in [0.2, 0.25) is 5.91 Å². The van der Waals surface area contributed by atoms with Gasteiger partial charge >= 0.3 is 0 Å². The molecule has 1 fully saturated rings. The number of carbonyl (C=O) groups is 1. The summed E-state index contributed by atoms with van der Waals surface area (Å²) in [5, 5.41) is 9.98. The van der Waals surface area contributed by atoms with Gasteiger partial charge in [-0.2, -0.15) is 0 Å². The highest BCUT2D eigenvalue weighted by Crippen LogP contribution is 2.26. The van der Waals surface area contributed by atoms with Crippen LogP contribution in [0.25, 0.3) is 10.4 Å². The molecule has 0 radical (unpaired) electrons. The van der Waals surface area contributed by atoms with E-state index in [1.165, 1.54) is 10.4 Å². The summed E-state index contributed by atoms with van der Waals surface area (Å²) >= 11 is 1.72. The first-order chi connectivity index (χ1) is 10.8. The van der Waals surface area contributed by atoms with Crippen LogP contribution in [0.1, 0.15) is 5.01 Å². The third kappa shape index (κ3) is 3.52. The monoisotopic (exact) mass is 317 g/mol. The number of aliphatic hydroxyl groups is 1. The summed E-state index contributed by atoms with van der Waals surface area (Å²) in [6.45, 7) is 3.43. The molecule has 1 saturated heterocycles. The second kappa shape index (κ2) is 7.00. The van der Waals surface area contributed by atoms with Gasteiger partial charge < -0.3 is 10.0 Å². The quantitative estimate of drug-likeness (QED) is 0.927. The Labute approximate surface area is 133 Å². The van der Waals surface area contributed by atoms with Crippen LogP contribution in [0.2, 0.25) is 0 Å². The molecule has 1 aliphatic rings. The molecule has 1 aliphatic heterocycles. The lowest BCUT2D eigenvalue weighted by molar-refractivity contribution is -0.135. The fraction of sp³-hybridized carbons (Fsp3) is 0.375. The van der Waals surface area contributed by atoms with Crippen LogP contribution in [-0.2, 0) is 11.3 Å². The number of aliphatic hydroxyl groups excluding tert-OH is 1. The number of hydrogen-bond acceptors (Lipinski definition) is 5. The molecule has 0 aliphatic carbocycles. The zero-order valence-corrected chi connectivity index (χ0v) is 13.1. The van der Waals surface area contributed by atoms with Gasteiger partial charge in [0.25, 0.3) is 0 Å². The summed E-state index contributed by atoms with van der Waals surface area (Å²) in [5.41, 5.74) is 1.20. The summed E-state index contributed by atoms with van der Waals surface area (Å²) < 4.78 is 0. The van der Waals surface area contributed by atoms with E-state index in [0.29, 0.717) is 13.1 Å². The Kier molecular flexibility index (Phi) is 4.82. The maximum absolute atomic E-state index is 11.4. The van der Waals surface area contributed by atoms with Crippen LogP contribution in [0.5, 0.6) is 0 Å². The lowest BCUT2D eigenvalue weighted by Gasteiger charge is -2.33. The lowest BCUT2D eigenvalue weighted by Crippen LogP contribution is -2.49. The van der Waals surface area contributed by atoms with Gasteiger partial charge in [0, 0.05) is 32.4 Å². The van der Waals surface area contributed by atoms with Crippen molar-refractivity contribution in [2.45, 2.75) is 6.54 Å². The zero-order chi connectivity index (χ0) is 15.4. The maximum atomic E-state index is 11.4. The fourth-order valence-electron chi connectivity index (χ4n) is 2.57. The van der Waals surface area contributed by atoms with Crippen LogP contribution in [0, 0.1) is 0 Å². The molecule has 0 bridgehead atoms. The minimum Gasteiger partial charge on any atom is -0.387 e. The SMILES string of the molecule is O=C(CO)N1CCN(Cc2ncc(-c3ccccc3)s2)CC1. The Morgan fingerprint density at radius 2 is 1.91 bits per heavy atom. The zero-order valence-electron chi connectivity index (χ0n) is 12.3. The molecule has 5 nitrogen and oxygen atoms in total. The topological polar surface area (TPSA) is 56.7 Å². The van der Waals surface area contributed by atoms with Crippen molar-refractivity contribution < 1.29 is 9.90 Å². The largest absolute Gasteiger partial charge is 0.387 e. The third-order valence-corrected chi connectivity index (χ3v) is 4.86. The predicted molar refractivity (Wildman–Crippen MR) is 86.5 cm³/mol.